The van der Waals surface area contributed by atoms with Crippen LogP contribution in [0.15, 0.2) is 25.2 Å². The summed E-state index contributed by atoms with van der Waals surface area (Å²) in [4.78, 5) is 18.4. The second kappa shape index (κ2) is 10.5. The van der Waals surface area contributed by atoms with Crippen molar-refractivity contribution in [3.05, 3.63) is 30.9 Å². The maximum atomic E-state index is 12.4. The molecule has 1 aliphatic rings. The minimum Gasteiger partial charge on any atom is -0.445 e. The molecule has 2 atom stereocenters. The van der Waals surface area contributed by atoms with Crippen molar-refractivity contribution in [3.8, 4) is 0 Å². The van der Waals surface area contributed by atoms with Crippen LogP contribution >= 0.6 is 0 Å². The highest BCUT2D eigenvalue weighted by molar-refractivity contribution is 7.86. The van der Waals surface area contributed by atoms with E-state index in [1.165, 1.54) is 11.0 Å². The van der Waals surface area contributed by atoms with Crippen molar-refractivity contribution < 1.29 is 26.6 Å². The number of rotatable bonds is 10. The van der Waals surface area contributed by atoms with Crippen molar-refractivity contribution >= 4 is 24.5 Å². The summed E-state index contributed by atoms with van der Waals surface area (Å²) in [7, 11) is -5.47. The molecule has 0 aliphatic carbocycles. The molecule has 9 nitrogen and oxygen atoms in total. The summed E-state index contributed by atoms with van der Waals surface area (Å²) < 4.78 is 41.5. The number of aromatic nitrogens is 2. The quantitative estimate of drug-likeness (QED) is 0.283. The lowest BCUT2D eigenvalue weighted by Crippen LogP contribution is -2.40. The van der Waals surface area contributed by atoms with E-state index in [0.717, 1.165) is 11.9 Å². The van der Waals surface area contributed by atoms with Gasteiger partial charge in [-0.3, -0.25) is 4.18 Å². The average Bonchev–Trinajstić information content (AvgIpc) is 3.27. The summed E-state index contributed by atoms with van der Waals surface area (Å²) in [6.45, 7) is 15.9. The molecule has 0 radical (unpaired) electrons. The van der Waals surface area contributed by atoms with E-state index < -0.39 is 30.6 Å². The molecule has 182 valence electrons. The van der Waals surface area contributed by atoms with Crippen molar-refractivity contribution in [1.29, 1.82) is 0 Å². The normalized spacial score (nSPS) is 19.9. The lowest BCUT2D eigenvalue weighted by molar-refractivity contribution is 0.102. The molecule has 11 heteroatoms. The topological polar surface area (TPSA) is 100.0 Å². The van der Waals surface area contributed by atoms with Crippen LogP contribution < -0.4 is 0 Å². The van der Waals surface area contributed by atoms with E-state index in [1.807, 2.05) is 10.8 Å². The van der Waals surface area contributed by atoms with Crippen LogP contribution in [-0.4, -0.2) is 68.8 Å². The van der Waals surface area contributed by atoms with Gasteiger partial charge in [0.05, 0.1) is 37.5 Å². The molecule has 0 unspecified atom stereocenters. The van der Waals surface area contributed by atoms with Gasteiger partial charge < -0.3 is 18.6 Å². The Morgan fingerprint density at radius 1 is 1.38 bits per heavy atom. The molecule has 2 heterocycles. The van der Waals surface area contributed by atoms with Gasteiger partial charge in [-0.25, -0.2) is 9.78 Å². The van der Waals surface area contributed by atoms with Crippen LogP contribution in [0.3, 0.4) is 0 Å². The third-order valence-corrected chi connectivity index (χ3v) is 11.1. The maximum absolute atomic E-state index is 12.4. The maximum Gasteiger partial charge on any atom is 0.410 e. The van der Waals surface area contributed by atoms with Crippen LogP contribution in [0.1, 0.15) is 39.3 Å². The Labute approximate surface area is 193 Å². The Kier molecular flexibility index (Phi) is 8.71. The molecular formula is C21H37N3O6SSi. The van der Waals surface area contributed by atoms with Crippen LogP contribution in [0.5, 0.6) is 0 Å². The van der Waals surface area contributed by atoms with Crippen molar-refractivity contribution in [2.24, 2.45) is 0 Å². The predicted molar refractivity (Wildman–Crippen MR) is 125 cm³/mol. The number of hydrogen-bond acceptors (Lipinski definition) is 7. The molecule has 1 fully saturated rings. The molecular weight excluding hydrogens is 450 g/mol. The molecule has 1 aromatic rings. The Bertz CT molecular complexity index is 894. The van der Waals surface area contributed by atoms with E-state index in [1.54, 1.807) is 6.33 Å². The van der Waals surface area contributed by atoms with Gasteiger partial charge in [0.2, 0.25) is 0 Å². The molecule has 32 heavy (non-hydrogen) atoms. The van der Waals surface area contributed by atoms with Crippen LogP contribution in [-0.2, 0) is 36.6 Å². The highest BCUT2D eigenvalue weighted by Gasteiger charge is 2.38. The van der Waals surface area contributed by atoms with Crippen molar-refractivity contribution in [3.63, 3.8) is 0 Å². The minimum absolute atomic E-state index is 0.0960. The molecule has 0 bridgehead atoms. The number of imidazole rings is 1. The highest BCUT2D eigenvalue weighted by Crippen LogP contribution is 2.37. The molecule has 1 aliphatic heterocycles. The van der Waals surface area contributed by atoms with Gasteiger partial charge in [-0.2, -0.15) is 8.42 Å². The molecule has 2 rings (SSSR count). The Balaban J connectivity index is 1.97. The lowest BCUT2D eigenvalue weighted by Gasteiger charge is -2.35. The first-order chi connectivity index (χ1) is 14.7. The van der Waals surface area contributed by atoms with Crippen LogP contribution in [0, 0.1) is 0 Å². The lowest BCUT2D eigenvalue weighted by atomic mass is 10.1. The summed E-state index contributed by atoms with van der Waals surface area (Å²) in [5.74, 6) is 0. The number of aryl methyl sites for hydroxylation is 1. The van der Waals surface area contributed by atoms with Crippen molar-refractivity contribution in [2.75, 3.05) is 19.4 Å². The van der Waals surface area contributed by atoms with Crippen LogP contribution in [0.2, 0.25) is 18.1 Å². The molecule has 0 saturated carbocycles. The van der Waals surface area contributed by atoms with E-state index >= 15 is 0 Å². The standard InChI is InChI=1S/C21H37N3O6SSi/c1-8-11-28-20(25)24-14-19(30-31(5,26)27)12-18(24)9-10-23-13-17(22-16-23)15-29-32(6,7)21(2,3)4/h8,13,16,18-19H,1,9-12,14-15H2,2-7H3/t18-,19-/m1/s1. The molecule has 0 spiro atoms. The van der Waals surface area contributed by atoms with Gasteiger partial charge in [0.1, 0.15) is 6.61 Å². The van der Waals surface area contributed by atoms with E-state index in [9.17, 15) is 13.2 Å². The zero-order valence-electron chi connectivity index (χ0n) is 20.0. The van der Waals surface area contributed by atoms with Crippen molar-refractivity contribution in [2.45, 2.75) is 77.0 Å². The number of nitrogens with zero attached hydrogens (tertiary/aromatic N) is 3. The third-order valence-electron chi connectivity index (χ3n) is 6.04. The summed E-state index contributed by atoms with van der Waals surface area (Å²) in [5, 5.41) is 0.131. The molecule has 0 aromatic carbocycles. The Morgan fingerprint density at radius 3 is 2.66 bits per heavy atom. The smallest absolute Gasteiger partial charge is 0.410 e. The fourth-order valence-electron chi connectivity index (χ4n) is 3.27. The average molecular weight is 488 g/mol. The Hall–Kier alpha value is -1.69. The first-order valence-electron chi connectivity index (χ1n) is 10.8. The van der Waals surface area contributed by atoms with E-state index in [2.05, 4.69) is 45.4 Å². The first kappa shape index (κ1) is 26.6. The van der Waals surface area contributed by atoms with Gasteiger partial charge in [-0.1, -0.05) is 33.4 Å². The van der Waals surface area contributed by atoms with Gasteiger partial charge in [-0.15, -0.1) is 0 Å². The summed E-state index contributed by atoms with van der Waals surface area (Å²) in [5.41, 5.74) is 0.863. The number of likely N-dealkylation sites (tertiary alicyclic amines) is 1. The largest absolute Gasteiger partial charge is 0.445 e. The van der Waals surface area contributed by atoms with Gasteiger partial charge in [-0.05, 0) is 31.0 Å². The summed E-state index contributed by atoms with van der Waals surface area (Å²) in [6.07, 6.45) is 6.17. The molecule has 1 saturated heterocycles. The number of ether oxygens (including phenoxy) is 1. The Morgan fingerprint density at radius 2 is 2.06 bits per heavy atom. The SMILES string of the molecule is C=CCOC(=O)N1C[C@H](OS(C)(=O)=O)C[C@H]1CCn1cnc(CO[Si](C)(C)C(C)(C)C)c1. The zero-order chi connectivity index (χ0) is 24.2. The minimum atomic E-state index is -3.61. The van der Waals surface area contributed by atoms with E-state index in [4.69, 9.17) is 13.3 Å². The second-order valence-corrected chi connectivity index (χ2v) is 16.2. The monoisotopic (exact) mass is 487 g/mol. The second-order valence-electron chi connectivity index (χ2n) is 9.77. The molecule has 0 N–H and O–H groups in total. The first-order valence-corrected chi connectivity index (χ1v) is 15.5. The number of carbonyl (C=O) groups excluding carboxylic acids is 1. The molecule has 1 amide bonds. The highest BCUT2D eigenvalue weighted by atomic mass is 32.2. The summed E-state index contributed by atoms with van der Waals surface area (Å²) in [6, 6.07) is -0.201. The van der Waals surface area contributed by atoms with E-state index in [-0.39, 0.29) is 24.2 Å². The third kappa shape index (κ3) is 7.71. The predicted octanol–water partition coefficient (Wildman–Crippen LogP) is 3.54. The molecule has 1 aromatic heterocycles. The van der Waals surface area contributed by atoms with Crippen LogP contribution in [0.25, 0.3) is 0 Å². The fraction of sp³-hybridized carbons (Fsp3) is 0.714. The fourth-order valence-corrected chi connectivity index (χ4v) is 4.85. The van der Waals surface area contributed by atoms with Crippen molar-refractivity contribution in [1.82, 2.24) is 14.5 Å². The summed E-state index contributed by atoms with van der Waals surface area (Å²) >= 11 is 0. The zero-order valence-corrected chi connectivity index (χ0v) is 21.9. The van der Waals surface area contributed by atoms with Crippen LogP contribution in [0.4, 0.5) is 4.79 Å². The van der Waals surface area contributed by atoms with Gasteiger partial charge >= 0.3 is 6.09 Å². The van der Waals surface area contributed by atoms with Gasteiger partial charge in [0.15, 0.2) is 8.32 Å². The number of amides is 1. The number of carbonyl (C=O) groups is 1. The number of hydrogen-bond donors (Lipinski definition) is 0. The van der Waals surface area contributed by atoms with Gasteiger partial charge in [0, 0.05) is 18.8 Å². The van der Waals surface area contributed by atoms with E-state index in [0.29, 0.717) is 26.0 Å². The van der Waals surface area contributed by atoms with Gasteiger partial charge in [0.25, 0.3) is 10.1 Å².